The van der Waals surface area contributed by atoms with Gasteiger partial charge in [0.2, 0.25) is 5.91 Å². The highest BCUT2D eigenvalue weighted by atomic mass is 16.5. The monoisotopic (exact) mass is 267 g/mol. The fraction of sp³-hybridized carbons (Fsp3) is 0.929. The zero-order valence-corrected chi connectivity index (χ0v) is 12.0. The van der Waals surface area contributed by atoms with Crippen molar-refractivity contribution in [3.63, 3.8) is 0 Å². The first kappa shape index (κ1) is 13.3. The number of hydrogen-bond donors (Lipinski definition) is 1. The van der Waals surface area contributed by atoms with Crippen molar-refractivity contribution in [2.75, 3.05) is 32.8 Å². The normalized spacial score (nSPS) is 34.2. The molecule has 0 radical (unpaired) electrons. The van der Waals surface area contributed by atoms with Crippen LogP contribution in [0.3, 0.4) is 0 Å². The molecule has 19 heavy (non-hydrogen) atoms. The van der Waals surface area contributed by atoms with Crippen LogP contribution in [0.2, 0.25) is 0 Å². The van der Waals surface area contributed by atoms with Crippen LogP contribution in [-0.4, -0.2) is 66.3 Å². The predicted molar refractivity (Wildman–Crippen MR) is 72.7 cm³/mol. The van der Waals surface area contributed by atoms with Gasteiger partial charge in [0.05, 0.1) is 24.4 Å². The fourth-order valence-electron chi connectivity index (χ4n) is 3.29. The molecule has 5 nitrogen and oxygen atoms in total. The second-order valence-corrected chi connectivity index (χ2v) is 5.99. The fourth-order valence-corrected chi connectivity index (χ4v) is 3.29. The lowest BCUT2D eigenvalue weighted by atomic mass is 10.2. The van der Waals surface area contributed by atoms with E-state index < -0.39 is 0 Å². The highest BCUT2D eigenvalue weighted by molar-refractivity contribution is 5.91. The SMILES string of the molecule is CCC1NC2(CC2)C(=O)N1CC1CN(CC)CCO1. The molecule has 2 saturated heterocycles. The van der Waals surface area contributed by atoms with E-state index in [1.165, 1.54) is 0 Å². The predicted octanol–water partition coefficient (Wildman–Crippen LogP) is 0.408. The number of likely N-dealkylation sites (N-methyl/N-ethyl adjacent to an activating group) is 1. The quantitative estimate of drug-likeness (QED) is 0.801. The van der Waals surface area contributed by atoms with Crippen molar-refractivity contribution < 1.29 is 9.53 Å². The van der Waals surface area contributed by atoms with Gasteiger partial charge in [0.25, 0.3) is 0 Å². The van der Waals surface area contributed by atoms with E-state index in [0.29, 0.717) is 5.91 Å². The van der Waals surface area contributed by atoms with Gasteiger partial charge in [-0.3, -0.25) is 15.0 Å². The molecule has 1 amide bonds. The molecule has 5 heteroatoms. The van der Waals surface area contributed by atoms with Gasteiger partial charge in [0.1, 0.15) is 0 Å². The van der Waals surface area contributed by atoms with E-state index >= 15 is 0 Å². The lowest BCUT2D eigenvalue weighted by Crippen LogP contribution is -2.50. The molecule has 1 saturated carbocycles. The minimum atomic E-state index is -0.195. The summed E-state index contributed by atoms with van der Waals surface area (Å²) in [7, 11) is 0. The van der Waals surface area contributed by atoms with Gasteiger partial charge >= 0.3 is 0 Å². The lowest BCUT2D eigenvalue weighted by Gasteiger charge is -2.35. The Kier molecular flexibility index (Phi) is 3.53. The molecule has 1 aliphatic carbocycles. The third kappa shape index (κ3) is 2.39. The van der Waals surface area contributed by atoms with Crippen molar-refractivity contribution in [3.05, 3.63) is 0 Å². The first-order valence-electron chi connectivity index (χ1n) is 7.61. The summed E-state index contributed by atoms with van der Waals surface area (Å²) in [4.78, 5) is 16.9. The van der Waals surface area contributed by atoms with Gasteiger partial charge in [-0.05, 0) is 25.8 Å². The molecule has 108 valence electrons. The lowest BCUT2D eigenvalue weighted by molar-refractivity contribution is -0.134. The van der Waals surface area contributed by atoms with Crippen molar-refractivity contribution in [1.29, 1.82) is 0 Å². The molecule has 3 aliphatic rings. The number of carbonyl (C=O) groups excluding carboxylic acids is 1. The third-order valence-electron chi connectivity index (χ3n) is 4.70. The molecule has 1 spiro atoms. The minimum Gasteiger partial charge on any atom is -0.374 e. The van der Waals surface area contributed by atoms with E-state index in [1.807, 2.05) is 4.90 Å². The Morgan fingerprint density at radius 1 is 1.42 bits per heavy atom. The summed E-state index contributed by atoms with van der Waals surface area (Å²) in [6.45, 7) is 8.87. The molecule has 0 aromatic rings. The van der Waals surface area contributed by atoms with E-state index in [-0.39, 0.29) is 17.8 Å². The molecule has 0 aromatic heterocycles. The number of amides is 1. The topological polar surface area (TPSA) is 44.8 Å². The average molecular weight is 267 g/mol. The summed E-state index contributed by atoms with van der Waals surface area (Å²) in [5.74, 6) is 0.302. The Balaban J connectivity index is 1.63. The summed E-state index contributed by atoms with van der Waals surface area (Å²) < 4.78 is 5.84. The Morgan fingerprint density at radius 3 is 2.84 bits per heavy atom. The number of morpholine rings is 1. The van der Waals surface area contributed by atoms with Crippen LogP contribution in [0.5, 0.6) is 0 Å². The number of nitrogens with one attached hydrogen (secondary N) is 1. The molecule has 2 unspecified atom stereocenters. The van der Waals surface area contributed by atoms with Crippen molar-refractivity contribution in [3.8, 4) is 0 Å². The van der Waals surface area contributed by atoms with Gasteiger partial charge in [-0.2, -0.15) is 0 Å². The smallest absolute Gasteiger partial charge is 0.244 e. The molecule has 2 heterocycles. The zero-order valence-electron chi connectivity index (χ0n) is 12.0. The van der Waals surface area contributed by atoms with Crippen molar-refractivity contribution in [2.45, 2.75) is 50.9 Å². The first-order valence-corrected chi connectivity index (χ1v) is 7.61. The number of carbonyl (C=O) groups is 1. The van der Waals surface area contributed by atoms with Crippen LogP contribution < -0.4 is 5.32 Å². The summed E-state index contributed by atoms with van der Waals surface area (Å²) in [6.07, 6.45) is 3.35. The van der Waals surface area contributed by atoms with E-state index in [4.69, 9.17) is 4.74 Å². The van der Waals surface area contributed by atoms with E-state index in [0.717, 1.165) is 52.0 Å². The van der Waals surface area contributed by atoms with Crippen LogP contribution in [0.4, 0.5) is 0 Å². The van der Waals surface area contributed by atoms with Gasteiger partial charge < -0.3 is 9.64 Å². The second-order valence-electron chi connectivity index (χ2n) is 5.99. The van der Waals surface area contributed by atoms with Crippen LogP contribution >= 0.6 is 0 Å². The van der Waals surface area contributed by atoms with Gasteiger partial charge in [0, 0.05) is 19.6 Å². The van der Waals surface area contributed by atoms with Crippen molar-refractivity contribution in [2.24, 2.45) is 0 Å². The van der Waals surface area contributed by atoms with E-state index in [9.17, 15) is 4.79 Å². The average Bonchev–Trinajstić information content (AvgIpc) is 3.18. The molecular weight excluding hydrogens is 242 g/mol. The van der Waals surface area contributed by atoms with Crippen molar-refractivity contribution in [1.82, 2.24) is 15.1 Å². The van der Waals surface area contributed by atoms with Crippen molar-refractivity contribution >= 4 is 5.91 Å². The number of nitrogens with zero attached hydrogens (tertiary/aromatic N) is 2. The molecule has 2 aliphatic heterocycles. The zero-order chi connectivity index (χ0) is 13.5. The van der Waals surface area contributed by atoms with Crippen LogP contribution in [0.1, 0.15) is 33.1 Å². The molecule has 0 bridgehead atoms. The van der Waals surface area contributed by atoms with E-state index in [1.54, 1.807) is 0 Å². The first-order chi connectivity index (χ1) is 9.18. The highest BCUT2D eigenvalue weighted by Gasteiger charge is 2.58. The molecule has 2 atom stereocenters. The van der Waals surface area contributed by atoms with Gasteiger partial charge in [-0.15, -0.1) is 0 Å². The number of hydrogen-bond acceptors (Lipinski definition) is 4. The summed E-state index contributed by atoms with van der Waals surface area (Å²) in [5, 5.41) is 3.51. The van der Waals surface area contributed by atoms with Crippen LogP contribution in [0.25, 0.3) is 0 Å². The van der Waals surface area contributed by atoms with Gasteiger partial charge in [-0.1, -0.05) is 13.8 Å². The van der Waals surface area contributed by atoms with Crippen LogP contribution in [0, 0.1) is 0 Å². The Labute approximate surface area is 115 Å². The number of rotatable bonds is 4. The van der Waals surface area contributed by atoms with Gasteiger partial charge in [-0.25, -0.2) is 0 Å². The summed E-state index contributed by atoms with van der Waals surface area (Å²) in [5.41, 5.74) is -0.195. The summed E-state index contributed by atoms with van der Waals surface area (Å²) in [6, 6.07) is 0. The maximum Gasteiger partial charge on any atom is 0.244 e. The second kappa shape index (κ2) is 5.04. The maximum absolute atomic E-state index is 12.5. The number of ether oxygens (including phenoxy) is 1. The molecule has 3 fully saturated rings. The Hall–Kier alpha value is -0.650. The Bertz CT molecular complexity index is 357. The Morgan fingerprint density at radius 2 is 2.21 bits per heavy atom. The maximum atomic E-state index is 12.5. The van der Waals surface area contributed by atoms with Gasteiger partial charge in [0.15, 0.2) is 0 Å². The molecule has 3 rings (SSSR count). The minimum absolute atomic E-state index is 0.169. The van der Waals surface area contributed by atoms with Crippen LogP contribution in [-0.2, 0) is 9.53 Å². The molecule has 0 aromatic carbocycles. The van der Waals surface area contributed by atoms with E-state index in [2.05, 4.69) is 24.1 Å². The highest BCUT2D eigenvalue weighted by Crippen LogP contribution is 2.42. The van der Waals surface area contributed by atoms with Crippen LogP contribution in [0.15, 0.2) is 0 Å². The standard InChI is InChI=1S/C14H25N3O2/c1-3-12-15-14(5-6-14)13(18)17(12)10-11-9-16(4-2)7-8-19-11/h11-12,15H,3-10H2,1-2H3. The summed E-state index contributed by atoms with van der Waals surface area (Å²) >= 11 is 0. The largest absolute Gasteiger partial charge is 0.374 e. The third-order valence-corrected chi connectivity index (χ3v) is 4.70. The molecule has 1 N–H and O–H groups in total. The molecular formula is C14H25N3O2.